The zero-order valence-electron chi connectivity index (χ0n) is 18.8. The second-order valence-electron chi connectivity index (χ2n) is 9.14. The van der Waals surface area contributed by atoms with E-state index in [-0.39, 0.29) is 17.4 Å². The summed E-state index contributed by atoms with van der Waals surface area (Å²) in [5.41, 5.74) is -0.218. The molecule has 11 heteroatoms. The third kappa shape index (κ3) is 6.35. The van der Waals surface area contributed by atoms with E-state index in [9.17, 15) is 22.4 Å². The minimum Gasteiger partial charge on any atom is -0.490 e. The van der Waals surface area contributed by atoms with Crippen molar-refractivity contribution < 1.29 is 17.5 Å². The fraction of sp³-hybridized carbons (Fsp3) is 0.636. The van der Waals surface area contributed by atoms with E-state index in [2.05, 4.69) is 9.71 Å². The Hall–Kier alpha value is -2.40. The first-order chi connectivity index (χ1) is 15.7. The van der Waals surface area contributed by atoms with Crippen LogP contribution in [0.1, 0.15) is 56.6 Å². The summed E-state index contributed by atoms with van der Waals surface area (Å²) >= 11 is 0. The van der Waals surface area contributed by atoms with Gasteiger partial charge >= 0.3 is 11.4 Å². The number of H-pyrrole nitrogens is 1. The Bertz CT molecular complexity index is 1190. The van der Waals surface area contributed by atoms with E-state index in [4.69, 9.17) is 4.74 Å². The van der Waals surface area contributed by atoms with Gasteiger partial charge in [-0.3, -0.25) is 4.98 Å². The van der Waals surface area contributed by atoms with Gasteiger partial charge in [-0.15, -0.1) is 0 Å². The molecule has 1 atom stereocenters. The number of ether oxygens (including phenoxy) is 1. The number of halogens is 1. The van der Waals surface area contributed by atoms with Crippen molar-refractivity contribution in [2.75, 3.05) is 12.4 Å². The van der Waals surface area contributed by atoms with Gasteiger partial charge < -0.3 is 4.74 Å². The monoisotopic (exact) mass is 482 g/mol. The Balaban J connectivity index is 1.31. The van der Waals surface area contributed by atoms with Crippen molar-refractivity contribution in [3.63, 3.8) is 0 Å². The highest BCUT2D eigenvalue weighted by Gasteiger charge is 2.35. The first-order valence-electron chi connectivity index (χ1n) is 11.5. The fourth-order valence-corrected chi connectivity index (χ4v) is 5.32. The van der Waals surface area contributed by atoms with Gasteiger partial charge in [-0.2, -0.15) is 0 Å². The number of aromatic nitrogens is 3. The van der Waals surface area contributed by atoms with Crippen LogP contribution in [0, 0.1) is 17.7 Å². The summed E-state index contributed by atoms with van der Waals surface area (Å²) in [6.07, 6.45) is 5.65. The van der Waals surface area contributed by atoms with Gasteiger partial charge in [-0.1, -0.05) is 12.5 Å². The van der Waals surface area contributed by atoms with Crippen LogP contribution in [-0.2, 0) is 23.6 Å². The first kappa shape index (κ1) is 23.7. The molecular weight excluding hydrogens is 451 g/mol. The van der Waals surface area contributed by atoms with E-state index < -0.39 is 33.3 Å². The van der Waals surface area contributed by atoms with Gasteiger partial charge in [0, 0.05) is 19.6 Å². The Kier molecular flexibility index (Phi) is 7.08. The number of sulfonamides is 1. The summed E-state index contributed by atoms with van der Waals surface area (Å²) < 4.78 is 50.6. The summed E-state index contributed by atoms with van der Waals surface area (Å²) in [5.74, 6) is 0.396. The number of benzene rings is 1. The molecule has 1 heterocycles. The maximum Gasteiger partial charge on any atom is 0.344 e. The topological polar surface area (TPSA) is 115 Å². The highest BCUT2D eigenvalue weighted by Crippen LogP contribution is 2.42. The van der Waals surface area contributed by atoms with E-state index in [0.717, 1.165) is 31.2 Å². The third-order valence-electron chi connectivity index (χ3n) is 6.27. The number of hydrogen-bond acceptors (Lipinski definition) is 5. The number of hydrogen-bond donors (Lipinski definition) is 2. The zero-order chi connectivity index (χ0) is 23.6. The minimum atomic E-state index is -3.54. The van der Waals surface area contributed by atoms with Crippen LogP contribution in [0.4, 0.5) is 4.39 Å². The second kappa shape index (κ2) is 9.84. The van der Waals surface area contributed by atoms with Crippen LogP contribution in [0.25, 0.3) is 0 Å². The van der Waals surface area contributed by atoms with Crippen molar-refractivity contribution in [3.8, 4) is 5.75 Å². The number of nitrogens with one attached hydrogen (secondary N) is 2. The maximum absolute atomic E-state index is 14.2. The smallest absolute Gasteiger partial charge is 0.344 e. The van der Waals surface area contributed by atoms with Crippen molar-refractivity contribution in [2.45, 2.75) is 57.5 Å². The van der Waals surface area contributed by atoms with E-state index in [0.29, 0.717) is 38.3 Å². The predicted octanol–water partition coefficient (Wildman–Crippen LogP) is 2.04. The molecule has 0 bridgehead atoms. The molecule has 0 unspecified atom stereocenters. The average molecular weight is 483 g/mol. The summed E-state index contributed by atoms with van der Waals surface area (Å²) in [5, 5.41) is 0. The molecule has 182 valence electrons. The Morgan fingerprint density at radius 3 is 2.55 bits per heavy atom. The highest BCUT2D eigenvalue weighted by atomic mass is 32.2. The number of unbranched alkanes of at least 4 members (excludes halogenated alkanes) is 2. The number of aromatic amines is 1. The SMILES string of the molecule is Cn1c(=O)[nH]c(=O)n1CCCCCS(=O)(=O)N[C@@H](c1ccc(F)c(OCC2CC2)c1)C1CC1. The number of nitrogens with zero attached hydrogens (tertiary/aromatic N) is 2. The van der Waals surface area contributed by atoms with Crippen molar-refractivity contribution in [2.24, 2.45) is 18.9 Å². The summed E-state index contributed by atoms with van der Waals surface area (Å²) in [7, 11) is -2.04. The van der Waals surface area contributed by atoms with Crippen molar-refractivity contribution in [3.05, 3.63) is 50.5 Å². The fourth-order valence-electron chi connectivity index (χ4n) is 3.90. The normalized spacial score (nSPS) is 17.3. The third-order valence-corrected chi connectivity index (χ3v) is 7.71. The van der Waals surface area contributed by atoms with Gasteiger partial charge in [0.2, 0.25) is 10.0 Å². The lowest BCUT2D eigenvalue weighted by molar-refractivity contribution is 0.284. The molecule has 4 rings (SSSR count). The van der Waals surface area contributed by atoms with Crippen molar-refractivity contribution >= 4 is 10.0 Å². The molecule has 33 heavy (non-hydrogen) atoms. The standard InChI is InChI=1S/C22H31FN4O5S/c1-26-21(28)24-22(29)27(26)11-3-2-4-12-33(30,31)25-20(16-7-8-16)17-9-10-18(23)19(13-17)32-14-15-5-6-15/h9-10,13,15-16,20,25H,2-8,11-12,14H2,1H3,(H,24,28,29)/t20-/m1/s1. The van der Waals surface area contributed by atoms with Gasteiger partial charge in [0.1, 0.15) is 0 Å². The molecule has 0 spiro atoms. The summed E-state index contributed by atoms with van der Waals surface area (Å²) in [6, 6.07) is 4.20. The molecule has 0 radical (unpaired) electrons. The molecule has 2 aliphatic carbocycles. The van der Waals surface area contributed by atoms with Gasteiger partial charge in [0.05, 0.1) is 12.4 Å². The quantitative estimate of drug-likeness (QED) is 0.424. The molecule has 2 N–H and O–H groups in total. The second-order valence-corrected chi connectivity index (χ2v) is 11.0. The summed E-state index contributed by atoms with van der Waals surface area (Å²) in [6.45, 7) is 0.828. The lowest BCUT2D eigenvalue weighted by Gasteiger charge is -2.20. The van der Waals surface area contributed by atoms with Crippen LogP contribution in [0.5, 0.6) is 5.75 Å². The molecule has 0 saturated heterocycles. The van der Waals surface area contributed by atoms with Crippen LogP contribution >= 0.6 is 0 Å². The van der Waals surface area contributed by atoms with Gasteiger partial charge in [-0.05, 0) is 68.1 Å². The van der Waals surface area contributed by atoms with Crippen LogP contribution in [0.15, 0.2) is 27.8 Å². The Morgan fingerprint density at radius 1 is 1.15 bits per heavy atom. The van der Waals surface area contributed by atoms with Crippen LogP contribution < -0.4 is 20.8 Å². The molecule has 2 aliphatic rings. The Labute approximate surface area is 192 Å². The molecule has 2 aromatic rings. The van der Waals surface area contributed by atoms with E-state index >= 15 is 0 Å². The molecule has 9 nitrogen and oxygen atoms in total. The van der Waals surface area contributed by atoms with E-state index in [1.807, 2.05) is 0 Å². The van der Waals surface area contributed by atoms with Crippen molar-refractivity contribution in [1.82, 2.24) is 19.1 Å². The zero-order valence-corrected chi connectivity index (χ0v) is 19.6. The molecular formula is C22H31FN4O5S. The molecule has 0 aliphatic heterocycles. The predicted molar refractivity (Wildman–Crippen MR) is 121 cm³/mol. The summed E-state index contributed by atoms with van der Waals surface area (Å²) in [4.78, 5) is 25.3. The lowest BCUT2D eigenvalue weighted by Crippen LogP contribution is -2.32. The van der Waals surface area contributed by atoms with Gasteiger partial charge in [0.25, 0.3) is 0 Å². The van der Waals surface area contributed by atoms with E-state index in [1.165, 1.54) is 22.5 Å². The Morgan fingerprint density at radius 2 is 1.91 bits per heavy atom. The largest absolute Gasteiger partial charge is 0.490 e. The molecule has 2 fully saturated rings. The van der Waals surface area contributed by atoms with Crippen LogP contribution in [-0.4, -0.2) is 35.1 Å². The van der Waals surface area contributed by atoms with Crippen molar-refractivity contribution in [1.29, 1.82) is 0 Å². The van der Waals surface area contributed by atoms with E-state index in [1.54, 1.807) is 12.1 Å². The molecule has 1 aromatic carbocycles. The van der Waals surface area contributed by atoms with Crippen LogP contribution in [0.3, 0.4) is 0 Å². The molecule has 2 saturated carbocycles. The molecule has 1 aromatic heterocycles. The lowest BCUT2D eigenvalue weighted by atomic mass is 10.0. The highest BCUT2D eigenvalue weighted by molar-refractivity contribution is 7.89. The van der Waals surface area contributed by atoms with Gasteiger partial charge in [0.15, 0.2) is 11.6 Å². The molecule has 0 amide bonds. The number of rotatable bonds is 13. The average Bonchev–Trinajstić information content (AvgIpc) is 3.67. The first-order valence-corrected chi connectivity index (χ1v) is 13.2. The minimum absolute atomic E-state index is 0.0383. The van der Waals surface area contributed by atoms with Gasteiger partial charge in [-0.25, -0.2) is 36.5 Å². The van der Waals surface area contributed by atoms with Crippen LogP contribution in [0.2, 0.25) is 0 Å². The maximum atomic E-state index is 14.2.